The Balaban J connectivity index is 1.69. The molecule has 2 aromatic heterocycles. The Bertz CT molecular complexity index is 1370. The first-order chi connectivity index (χ1) is 20.2. The number of ether oxygens (including phenoxy) is 3. The Morgan fingerprint density at radius 2 is 1.50 bits per heavy atom. The minimum absolute atomic E-state index is 0.0785. The molecule has 0 atom stereocenters. The number of nitrogens with one attached hydrogen (secondary N) is 5. The summed E-state index contributed by atoms with van der Waals surface area (Å²) in [6.45, 7) is 3.65. The van der Waals surface area contributed by atoms with Crippen molar-refractivity contribution in [2.24, 2.45) is 0 Å². The highest BCUT2D eigenvalue weighted by Gasteiger charge is 2.11. The van der Waals surface area contributed by atoms with Crippen LogP contribution in [-0.4, -0.2) is 114 Å². The molecule has 18 nitrogen and oxygen atoms in total. The quantitative estimate of drug-likeness (QED) is 0.0512. The molecule has 42 heavy (non-hydrogen) atoms. The lowest BCUT2D eigenvalue weighted by Gasteiger charge is -2.12. The van der Waals surface area contributed by atoms with Gasteiger partial charge >= 0.3 is 6.01 Å². The van der Waals surface area contributed by atoms with E-state index in [0.717, 1.165) is 0 Å². The molecule has 0 spiro atoms. The Kier molecular flexibility index (Phi) is 13.2. The van der Waals surface area contributed by atoms with Gasteiger partial charge in [-0.2, -0.15) is 38.3 Å². The molecule has 0 fully saturated rings. The van der Waals surface area contributed by atoms with Crippen molar-refractivity contribution in [3.63, 3.8) is 0 Å². The third-order valence-electron chi connectivity index (χ3n) is 4.90. The Morgan fingerprint density at radius 3 is 2.17 bits per heavy atom. The maximum Gasteiger partial charge on any atom is 0.321 e. The van der Waals surface area contributed by atoms with Crippen molar-refractivity contribution in [2.45, 2.75) is 6.92 Å². The molecule has 3 aromatic rings. The van der Waals surface area contributed by atoms with Gasteiger partial charge in [-0.1, -0.05) is 6.07 Å². The van der Waals surface area contributed by atoms with Crippen molar-refractivity contribution in [2.75, 3.05) is 86.9 Å². The van der Waals surface area contributed by atoms with E-state index in [1.807, 2.05) is 6.07 Å². The summed E-state index contributed by atoms with van der Waals surface area (Å²) < 4.78 is 46.9. The summed E-state index contributed by atoms with van der Waals surface area (Å²) in [5.74, 6) is 0.664. The number of nitrogens with zero attached hydrogens (tertiary/aromatic N) is 6. The summed E-state index contributed by atoms with van der Waals surface area (Å²) in [6.07, 6.45) is 0. The van der Waals surface area contributed by atoms with Crippen molar-refractivity contribution >= 4 is 45.3 Å². The predicted octanol–water partition coefficient (Wildman–Crippen LogP) is 0.145. The smallest absolute Gasteiger partial charge is 0.321 e. The minimum atomic E-state index is -4.17. The molecule has 0 aliphatic carbocycles. The number of anilines is 6. The molecule has 1 aromatic carbocycles. The van der Waals surface area contributed by atoms with Gasteiger partial charge in [0.05, 0.1) is 32.3 Å². The minimum Gasteiger partial charge on any atom is -0.462 e. The van der Waals surface area contributed by atoms with Crippen LogP contribution in [0.3, 0.4) is 0 Å². The zero-order valence-corrected chi connectivity index (χ0v) is 24.0. The highest BCUT2D eigenvalue weighted by atomic mass is 32.2. The number of benzene rings is 1. The Hall–Kier alpha value is -4.01. The van der Waals surface area contributed by atoms with Crippen molar-refractivity contribution in [1.29, 1.82) is 0 Å². The third kappa shape index (κ3) is 12.7. The molecule has 3 rings (SSSR count). The van der Waals surface area contributed by atoms with E-state index in [4.69, 9.17) is 23.9 Å². The average molecular weight is 610 g/mol. The van der Waals surface area contributed by atoms with Gasteiger partial charge < -0.3 is 40.6 Å². The van der Waals surface area contributed by atoms with E-state index in [1.54, 1.807) is 32.2 Å². The van der Waals surface area contributed by atoms with E-state index in [9.17, 15) is 8.42 Å². The lowest BCUT2D eigenvalue weighted by atomic mass is 10.3. The normalized spacial score (nSPS) is 11.2. The molecular weight excluding hydrogens is 574 g/mol. The first-order valence-electron chi connectivity index (χ1n) is 12.8. The zero-order valence-electron chi connectivity index (χ0n) is 23.2. The maximum absolute atomic E-state index is 11.1. The van der Waals surface area contributed by atoms with Crippen molar-refractivity contribution in [1.82, 2.24) is 35.2 Å². The second-order valence-electron chi connectivity index (χ2n) is 8.38. The van der Waals surface area contributed by atoms with E-state index in [2.05, 4.69) is 56.5 Å². The molecule has 0 aliphatic rings. The zero-order chi connectivity index (χ0) is 30.2. The van der Waals surface area contributed by atoms with Crippen LogP contribution in [0, 0.1) is 6.92 Å². The van der Waals surface area contributed by atoms with E-state index in [0.29, 0.717) is 56.2 Å². The van der Waals surface area contributed by atoms with E-state index in [-0.39, 0.29) is 43.6 Å². The van der Waals surface area contributed by atoms with Gasteiger partial charge in [0.25, 0.3) is 10.1 Å². The third-order valence-corrected chi connectivity index (χ3v) is 5.62. The molecule has 230 valence electrons. The van der Waals surface area contributed by atoms with Gasteiger partial charge in [0, 0.05) is 38.1 Å². The molecule has 19 heteroatoms. The van der Waals surface area contributed by atoms with Crippen molar-refractivity contribution < 1.29 is 32.3 Å². The van der Waals surface area contributed by atoms with Crippen LogP contribution in [0.5, 0.6) is 6.01 Å². The van der Waals surface area contributed by atoms with Gasteiger partial charge in [-0.3, -0.25) is 9.87 Å². The fraction of sp³-hybridized carbons (Fsp3) is 0.478. The second-order valence-corrected chi connectivity index (χ2v) is 9.95. The number of aliphatic hydroxyl groups is 1. The highest BCUT2D eigenvalue weighted by Crippen LogP contribution is 2.22. The average Bonchev–Trinajstić information content (AvgIpc) is 2.92. The molecule has 0 unspecified atom stereocenters. The molecule has 0 bridgehead atoms. The Morgan fingerprint density at radius 1 is 0.833 bits per heavy atom. The van der Waals surface area contributed by atoms with Crippen LogP contribution < -0.4 is 31.3 Å². The first-order valence-corrected chi connectivity index (χ1v) is 14.4. The van der Waals surface area contributed by atoms with Crippen LogP contribution in [0.15, 0.2) is 24.3 Å². The fourth-order valence-electron chi connectivity index (χ4n) is 3.18. The summed E-state index contributed by atoms with van der Waals surface area (Å²) in [4.78, 5) is 25.7. The number of methoxy groups -OCH3 is 1. The molecule has 2 heterocycles. The van der Waals surface area contributed by atoms with Gasteiger partial charge in [0.15, 0.2) is 0 Å². The van der Waals surface area contributed by atoms with Crippen LogP contribution in [-0.2, 0) is 19.6 Å². The standard InChI is InChI=1S/C23H35N11O7S/c1-16-27-21(34-23(28-16)41-11-6-24-15-39-2)29-17-4-3-5-18(14-17)30-22-32-19(25-7-10-40-12-9-35)31-20(33-22)26-8-13-42(36,37)38/h3-5,14,24,35H,6-13,15H2,1-2H3,(H,36,37,38)(H,27,28,29,34)(H3,25,26,30,31,32,33). The van der Waals surface area contributed by atoms with Gasteiger partial charge in [-0.05, 0) is 25.1 Å². The fourth-order valence-corrected chi connectivity index (χ4v) is 3.54. The van der Waals surface area contributed by atoms with E-state index >= 15 is 0 Å². The van der Waals surface area contributed by atoms with Crippen molar-refractivity contribution in [3.8, 4) is 6.01 Å². The maximum atomic E-state index is 11.1. The summed E-state index contributed by atoms with van der Waals surface area (Å²) in [5.41, 5.74) is 1.26. The number of hydrogen-bond acceptors (Lipinski definition) is 17. The van der Waals surface area contributed by atoms with E-state index < -0.39 is 15.9 Å². The number of aliphatic hydroxyl groups excluding tert-OH is 1. The van der Waals surface area contributed by atoms with Crippen LogP contribution in [0.2, 0.25) is 0 Å². The first kappa shape index (κ1) is 32.5. The topological polar surface area (TPSA) is 240 Å². The SMILES string of the molecule is COCNCCOc1nc(C)nc(Nc2cccc(Nc3nc(NCCOCCO)nc(NCCS(=O)(=O)O)n3)c2)n1. The second kappa shape index (κ2) is 17.1. The van der Waals surface area contributed by atoms with Crippen LogP contribution in [0.1, 0.15) is 5.82 Å². The molecule has 0 aliphatic heterocycles. The number of aromatic nitrogens is 6. The van der Waals surface area contributed by atoms with E-state index in [1.165, 1.54) is 0 Å². The number of hydrogen-bond donors (Lipinski definition) is 7. The highest BCUT2D eigenvalue weighted by molar-refractivity contribution is 7.85. The van der Waals surface area contributed by atoms with Gasteiger partial charge in [0.2, 0.25) is 23.8 Å². The van der Waals surface area contributed by atoms with Crippen LogP contribution >= 0.6 is 0 Å². The van der Waals surface area contributed by atoms with Crippen LogP contribution in [0.25, 0.3) is 0 Å². The molecule has 0 radical (unpaired) electrons. The van der Waals surface area contributed by atoms with Crippen LogP contribution in [0.4, 0.5) is 35.2 Å². The number of rotatable bonds is 20. The lowest BCUT2D eigenvalue weighted by molar-refractivity contribution is 0.0991. The van der Waals surface area contributed by atoms with Gasteiger partial charge in [-0.15, -0.1) is 0 Å². The summed E-state index contributed by atoms with van der Waals surface area (Å²) in [7, 11) is -2.58. The summed E-state index contributed by atoms with van der Waals surface area (Å²) in [5, 5.41) is 23.8. The molecular formula is C23H35N11O7S. The summed E-state index contributed by atoms with van der Waals surface area (Å²) >= 11 is 0. The largest absolute Gasteiger partial charge is 0.462 e. The number of aryl methyl sites for hydroxylation is 1. The molecule has 0 amide bonds. The molecule has 0 saturated heterocycles. The molecule has 7 N–H and O–H groups in total. The lowest BCUT2D eigenvalue weighted by Crippen LogP contribution is -2.23. The predicted molar refractivity (Wildman–Crippen MR) is 154 cm³/mol. The van der Waals surface area contributed by atoms with Gasteiger partial charge in [0.1, 0.15) is 12.4 Å². The monoisotopic (exact) mass is 609 g/mol. The summed E-state index contributed by atoms with van der Waals surface area (Å²) in [6, 6.07) is 7.35. The van der Waals surface area contributed by atoms with Crippen molar-refractivity contribution in [3.05, 3.63) is 30.1 Å². The van der Waals surface area contributed by atoms with Gasteiger partial charge in [-0.25, -0.2) is 0 Å². The molecule has 0 saturated carbocycles. The Labute approximate surface area is 242 Å².